The van der Waals surface area contributed by atoms with Crippen molar-refractivity contribution >= 4 is 11.9 Å². The quantitative estimate of drug-likeness (QED) is 0.779. The van der Waals surface area contributed by atoms with Crippen LogP contribution in [0.3, 0.4) is 0 Å². The second-order valence-corrected chi connectivity index (χ2v) is 5.50. The fourth-order valence-corrected chi connectivity index (χ4v) is 2.24. The molecule has 2 rings (SSSR count). The maximum atomic E-state index is 12.0. The van der Waals surface area contributed by atoms with Crippen molar-refractivity contribution in [3.63, 3.8) is 0 Å². The van der Waals surface area contributed by atoms with Crippen LogP contribution in [0.25, 0.3) is 0 Å². The Morgan fingerprint density at radius 3 is 2.79 bits per heavy atom. The van der Waals surface area contributed by atoms with E-state index in [2.05, 4.69) is 20.6 Å². The van der Waals surface area contributed by atoms with Crippen LogP contribution in [0, 0.1) is 6.92 Å². The highest BCUT2D eigenvalue weighted by atomic mass is 16.5. The summed E-state index contributed by atoms with van der Waals surface area (Å²) >= 11 is 0. The van der Waals surface area contributed by atoms with Gasteiger partial charge in [0.25, 0.3) is 5.91 Å². The van der Waals surface area contributed by atoms with Gasteiger partial charge in [-0.15, -0.1) is 0 Å². The van der Waals surface area contributed by atoms with Crippen LogP contribution >= 0.6 is 0 Å². The van der Waals surface area contributed by atoms with Crippen LogP contribution in [0.4, 0.5) is 5.95 Å². The lowest BCUT2D eigenvalue weighted by atomic mass is 10.1. The minimum absolute atomic E-state index is 0.168. The molecular formula is C18H24N4O2. The van der Waals surface area contributed by atoms with Gasteiger partial charge in [0.1, 0.15) is 11.4 Å². The van der Waals surface area contributed by atoms with Crippen molar-refractivity contribution in [3.8, 4) is 5.75 Å². The Labute approximate surface area is 142 Å². The molecule has 0 aliphatic heterocycles. The number of amides is 1. The average Bonchev–Trinajstić information content (AvgIpc) is 2.59. The van der Waals surface area contributed by atoms with Crippen LogP contribution in [-0.4, -0.2) is 36.1 Å². The fraction of sp³-hybridized carbons (Fsp3) is 0.389. The zero-order chi connectivity index (χ0) is 17.4. The molecule has 24 heavy (non-hydrogen) atoms. The van der Waals surface area contributed by atoms with Gasteiger partial charge in [-0.2, -0.15) is 0 Å². The summed E-state index contributed by atoms with van der Waals surface area (Å²) in [6.45, 7) is 5.18. The fourth-order valence-electron chi connectivity index (χ4n) is 2.24. The molecule has 0 radical (unpaired) electrons. The van der Waals surface area contributed by atoms with Crippen molar-refractivity contribution in [3.05, 3.63) is 47.3 Å². The number of carbonyl (C=O) groups excluding carboxylic acids is 1. The lowest BCUT2D eigenvalue weighted by Crippen LogP contribution is -2.25. The van der Waals surface area contributed by atoms with Crippen LogP contribution in [-0.2, 0) is 6.42 Å². The third-order valence-electron chi connectivity index (χ3n) is 3.45. The summed E-state index contributed by atoms with van der Waals surface area (Å²) in [7, 11) is 1.66. The number of ether oxygens (including phenoxy) is 1. The summed E-state index contributed by atoms with van der Waals surface area (Å²) < 4.78 is 5.22. The smallest absolute Gasteiger partial charge is 0.270 e. The molecule has 1 aromatic carbocycles. The van der Waals surface area contributed by atoms with Crippen LogP contribution in [0.5, 0.6) is 5.75 Å². The second kappa shape index (κ2) is 8.86. The molecule has 0 saturated carbocycles. The number of anilines is 1. The Morgan fingerprint density at radius 1 is 1.21 bits per heavy atom. The summed E-state index contributed by atoms with van der Waals surface area (Å²) in [5.74, 6) is 1.15. The zero-order valence-electron chi connectivity index (χ0n) is 14.4. The van der Waals surface area contributed by atoms with Crippen molar-refractivity contribution in [2.75, 3.05) is 25.5 Å². The molecule has 0 atom stereocenters. The minimum atomic E-state index is -0.168. The first-order valence-corrected chi connectivity index (χ1v) is 8.13. The Morgan fingerprint density at radius 2 is 2.04 bits per heavy atom. The molecule has 1 heterocycles. The molecule has 6 nitrogen and oxygen atoms in total. The highest BCUT2D eigenvalue weighted by Gasteiger charge is 2.09. The van der Waals surface area contributed by atoms with Crippen molar-refractivity contribution in [1.82, 2.24) is 15.3 Å². The second-order valence-electron chi connectivity index (χ2n) is 5.50. The molecule has 0 saturated heterocycles. The molecule has 2 aromatic rings. The number of aryl methyl sites for hydroxylation is 1. The number of hydrogen-bond donors (Lipinski definition) is 2. The van der Waals surface area contributed by atoms with Gasteiger partial charge in [0.15, 0.2) is 0 Å². The van der Waals surface area contributed by atoms with Crippen LogP contribution in [0.1, 0.15) is 35.1 Å². The maximum absolute atomic E-state index is 12.0. The monoisotopic (exact) mass is 328 g/mol. The first kappa shape index (κ1) is 17.7. The number of rotatable bonds is 8. The molecule has 0 fully saturated rings. The summed E-state index contributed by atoms with van der Waals surface area (Å²) in [5.41, 5.74) is 2.31. The van der Waals surface area contributed by atoms with Crippen LogP contribution in [0.2, 0.25) is 0 Å². The SMILES string of the molecule is CCCNC(=O)c1cc(C)nc(NCCc2cccc(OC)c2)n1. The number of aromatic nitrogens is 2. The minimum Gasteiger partial charge on any atom is -0.497 e. The van der Waals surface area contributed by atoms with Crippen LogP contribution in [0.15, 0.2) is 30.3 Å². The molecule has 0 aliphatic rings. The Balaban J connectivity index is 1.96. The third kappa shape index (κ3) is 5.22. The van der Waals surface area contributed by atoms with Gasteiger partial charge < -0.3 is 15.4 Å². The number of benzene rings is 1. The molecular weight excluding hydrogens is 304 g/mol. The summed E-state index contributed by atoms with van der Waals surface area (Å²) in [6, 6.07) is 9.63. The molecule has 1 amide bonds. The first-order valence-electron chi connectivity index (χ1n) is 8.13. The topological polar surface area (TPSA) is 76.1 Å². The molecule has 1 aromatic heterocycles. The van der Waals surface area contributed by atoms with Gasteiger partial charge in [-0.3, -0.25) is 4.79 Å². The van der Waals surface area contributed by atoms with E-state index in [1.165, 1.54) is 0 Å². The van der Waals surface area contributed by atoms with Crippen molar-refractivity contribution in [2.45, 2.75) is 26.7 Å². The van der Waals surface area contributed by atoms with Gasteiger partial charge in [-0.1, -0.05) is 19.1 Å². The highest BCUT2D eigenvalue weighted by Crippen LogP contribution is 2.13. The van der Waals surface area contributed by atoms with E-state index in [0.717, 1.165) is 29.8 Å². The molecule has 0 aliphatic carbocycles. The number of methoxy groups -OCH3 is 1. The van der Waals surface area contributed by atoms with E-state index in [4.69, 9.17) is 4.74 Å². The normalized spacial score (nSPS) is 10.3. The Hall–Kier alpha value is -2.63. The van der Waals surface area contributed by atoms with Gasteiger partial charge >= 0.3 is 0 Å². The number of carbonyl (C=O) groups is 1. The van der Waals surface area contributed by atoms with E-state index in [9.17, 15) is 4.79 Å². The predicted molar refractivity (Wildman–Crippen MR) is 94.6 cm³/mol. The van der Waals surface area contributed by atoms with Gasteiger partial charge in [0, 0.05) is 18.8 Å². The van der Waals surface area contributed by atoms with Crippen molar-refractivity contribution in [1.29, 1.82) is 0 Å². The molecule has 0 unspecified atom stereocenters. The average molecular weight is 328 g/mol. The van der Waals surface area contributed by atoms with Gasteiger partial charge in [-0.05, 0) is 43.5 Å². The Bertz CT molecular complexity index is 688. The zero-order valence-corrected chi connectivity index (χ0v) is 14.4. The molecule has 2 N–H and O–H groups in total. The lowest BCUT2D eigenvalue weighted by Gasteiger charge is -2.09. The third-order valence-corrected chi connectivity index (χ3v) is 3.45. The number of nitrogens with zero attached hydrogens (tertiary/aromatic N) is 2. The van der Waals surface area contributed by atoms with E-state index in [0.29, 0.717) is 24.7 Å². The van der Waals surface area contributed by atoms with E-state index in [1.54, 1.807) is 13.2 Å². The van der Waals surface area contributed by atoms with E-state index >= 15 is 0 Å². The predicted octanol–water partition coefficient (Wildman–Crippen LogP) is 2.59. The highest BCUT2D eigenvalue weighted by molar-refractivity contribution is 5.92. The summed E-state index contributed by atoms with van der Waals surface area (Å²) in [4.78, 5) is 20.7. The lowest BCUT2D eigenvalue weighted by molar-refractivity contribution is 0.0948. The molecule has 128 valence electrons. The largest absolute Gasteiger partial charge is 0.497 e. The number of nitrogens with one attached hydrogen (secondary N) is 2. The van der Waals surface area contributed by atoms with Crippen molar-refractivity contribution < 1.29 is 9.53 Å². The van der Waals surface area contributed by atoms with E-state index in [-0.39, 0.29) is 5.91 Å². The molecule has 0 spiro atoms. The Kier molecular flexibility index (Phi) is 6.54. The standard InChI is InChI=1S/C18H24N4O2/c1-4-9-19-17(23)16-11-13(2)21-18(22-16)20-10-8-14-6-5-7-15(12-14)24-3/h5-7,11-12H,4,8-10H2,1-3H3,(H,19,23)(H,20,21,22). The first-order chi connectivity index (χ1) is 11.6. The van der Waals surface area contributed by atoms with Crippen molar-refractivity contribution in [2.24, 2.45) is 0 Å². The van der Waals surface area contributed by atoms with E-state index < -0.39 is 0 Å². The molecule has 0 bridgehead atoms. The number of hydrogen-bond acceptors (Lipinski definition) is 5. The summed E-state index contributed by atoms with van der Waals surface area (Å²) in [5, 5.41) is 6.01. The van der Waals surface area contributed by atoms with Crippen LogP contribution < -0.4 is 15.4 Å². The van der Waals surface area contributed by atoms with Gasteiger partial charge in [0.2, 0.25) is 5.95 Å². The maximum Gasteiger partial charge on any atom is 0.270 e. The van der Waals surface area contributed by atoms with Gasteiger partial charge in [0.05, 0.1) is 7.11 Å². The van der Waals surface area contributed by atoms with E-state index in [1.807, 2.05) is 38.1 Å². The van der Waals surface area contributed by atoms with Gasteiger partial charge in [-0.25, -0.2) is 9.97 Å². The molecule has 6 heteroatoms. The summed E-state index contributed by atoms with van der Waals surface area (Å²) in [6.07, 6.45) is 1.70.